The minimum atomic E-state index is 0.464. The van der Waals surface area contributed by atoms with Crippen molar-refractivity contribution in [1.29, 1.82) is 5.26 Å². The first-order chi connectivity index (χ1) is 7.29. The van der Waals surface area contributed by atoms with Gasteiger partial charge in [-0.3, -0.25) is 4.68 Å². The average molecular weight is 219 g/mol. The van der Waals surface area contributed by atoms with Gasteiger partial charge in [-0.25, -0.2) is 4.98 Å². The molecule has 15 heavy (non-hydrogen) atoms. The predicted octanol–water partition coefficient (Wildman–Crippen LogP) is 1.85. The summed E-state index contributed by atoms with van der Waals surface area (Å²) in [5.74, 6) is 0. The summed E-state index contributed by atoms with van der Waals surface area (Å²) in [7, 11) is 0. The van der Waals surface area contributed by atoms with Crippen LogP contribution < -0.4 is 0 Å². The number of aromatic nitrogens is 3. The molecule has 0 saturated heterocycles. The van der Waals surface area contributed by atoms with Crippen molar-refractivity contribution in [3.05, 3.63) is 47.0 Å². The maximum absolute atomic E-state index is 8.63. The van der Waals surface area contributed by atoms with Gasteiger partial charge in [-0.05, 0) is 6.07 Å². The Bertz CT molecular complexity index is 512. The van der Waals surface area contributed by atoms with Gasteiger partial charge in [0.05, 0.1) is 18.3 Å². The molecule has 0 aliphatic carbocycles. The number of hydrogen-bond donors (Lipinski definition) is 0. The summed E-state index contributed by atoms with van der Waals surface area (Å²) < 4.78 is 1.65. The summed E-state index contributed by atoms with van der Waals surface area (Å²) >= 11 is 5.90. The van der Waals surface area contributed by atoms with Gasteiger partial charge in [0.25, 0.3) is 0 Å². The maximum Gasteiger partial charge on any atom is 0.134 e. The van der Waals surface area contributed by atoms with Crippen molar-refractivity contribution in [3.8, 4) is 6.07 Å². The molecular formula is C10H7ClN4. The summed E-state index contributed by atoms with van der Waals surface area (Å²) in [6.07, 6.45) is 4.82. The molecule has 0 saturated carbocycles. The van der Waals surface area contributed by atoms with Crippen LogP contribution in [0.1, 0.15) is 11.1 Å². The lowest BCUT2D eigenvalue weighted by Gasteiger charge is -2.02. The van der Waals surface area contributed by atoms with Crippen molar-refractivity contribution in [2.45, 2.75) is 6.54 Å². The lowest BCUT2D eigenvalue weighted by Crippen LogP contribution is -2.01. The van der Waals surface area contributed by atoms with Crippen molar-refractivity contribution < 1.29 is 0 Å². The van der Waals surface area contributed by atoms with E-state index in [1.165, 1.54) is 6.20 Å². The molecule has 2 aromatic rings. The Hall–Kier alpha value is -1.86. The molecule has 2 aromatic heterocycles. The summed E-state index contributed by atoms with van der Waals surface area (Å²) in [6.45, 7) is 0.522. The fraction of sp³-hybridized carbons (Fsp3) is 0.100. The van der Waals surface area contributed by atoms with E-state index in [0.29, 0.717) is 17.3 Å². The zero-order valence-corrected chi connectivity index (χ0v) is 8.52. The highest BCUT2D eigenvalue weighted by atomic mass is 35.5. The standard InChI is InChI=1S/C10H7ClN4/c11-10-9(2-1-3-13-10)7-15-6-8(4-12)5-14-15/h1-3,5-6H,7H2. The van der Waals surface area contributed by atoms with Gasteiger partial charge < -0.3 is 0 Å². The van der Waals surface area contributed by atoms with Crippen molar-refractivity contribution in [3.63, 3.8) is 0 Å². The van der Waals surface area contributed by atoms with Crippen molar-refractivity contribution in [2.24, 2.45) is 0 Å². The molecule has 5 heteroatoms. The molecule has 74 valence electrons. The number of halogens is 1. The predicted molar refractivity (Wildman–Crippen MR) is 55.3 cm³/mol. The second-order valence-corrected chi connectivity index (χ2v) is 3.35. The van der Waals surface area contributed by atoms with E-state index in [2.05, 4.69) is 10.1 Å². The van der Waals surface area contributed by atoms with Crippen LogP contribution >= 0.6 is 11.6 Å². The summed E-state index contributed by atoms with van der Waals surface area (Å²) in [4.78, 5) is 3.96. The Balaban J connectivity index is 2.23. The number of nitriles is 1. The number of rotatable bonds is 2. The highest BCUT2D eigenvalue weighted by Crippen LogP contribution is 2.12. The Morgan fingerprint density at radius 2 is 2.40 bits per heavy atom. The smallest absolute Gasteiger partial charge is 0.134 e. The summed E-state index contributed by atoms with van der Waals surface area (Å²) in [5.41, 5.74) is 1.42. The molecule has 0 unspecified atom stereocenters. The molecule has 4 nitrogen and oxygen atoms in total. The maximum atomic E-state index is 8.63. The van der Waals surface area contributed by atoms with Crippen LogP contribution in [0.4, 0.5) is 0 Å². The topological polar surface area (TPSA) is 54.5 Å². The highest BCUT2D eigenvalue weighted by Gasteiger charge is 2.02. The molecule has 2 rings (SSSR count). The highest BCUT2D eigenvalue weighted by molar-refractivity contribution is 6.30. The first-order valence-corrected chi connectivity index (χ1v) is 4.69. The molecule has 0 spiro atoms. The van der Waals surface area contributed by atoms with Gasteiger partial charge in [-0.15, -0.1) is 0 Å². The van der Waals surface area contributed by atoms with Gasteiger partial charge in [-0.2, -0.15) is 10.4 Å². The van der Waals surface area contributed by atoms with Gasteiger partial charge in [0.15, 0.2) is 0 Å². The van der Waals surface area contributed by atoms with Gasteiger partial charge in [0.2, 0.25) is 0 Å². The van der Waals surface area contributed by atoms with E-state index in [0.717, 1.165) is 5.56 Å². The third kappa shape index (κ3) is 2.14. The van der Waals surface area contributed by atoms with Gasteiger partial charge in [0, 0.05) is 18.0 Å². The molecule has 0 atom stereocenters. The Kier molecular flexibility index (Phi) is 2.66. The first kappa shape index (κ1) is 9.69. The largest absolute Gasteiger partial charge is 0.267 e. The van der Waals surface area contributed by atoms with Crippen molar-refractivity contribution >= 4 is 11.6 Å². The zero-order chi connectivity index (χ0) is 10.7. The molecule has 0 aromatic carbocycles. The monoisotopic (exact) mass is 218 g/mol. The molecule has 0 radical (unpaired) electrons. The van der Waals surface area contributed by atoms with E-state index in [1.807, 2.05) is 18.2 Å². The summed E-state index contributed by atoms with van der Waals surface area (Å²) in [6, 6.07) is 5.71. The van der Waals surface area contributed by atoms with Crippen LogP contribution in [0.15, 0.2) is 30.7 Å². The SMILES string of the molecule is N#Cc1cnn(Cc2cccnc2Cl)c1. The Morgan fingerprint density at radius 1 is 1.53 bits per heavy atom. The Labute approximate surface area is 91.7 Å². The normalized spacial score (nSPS) is 9.87. The van der Waals surface area contributed by atoms with Gasteiger partial charge in [0.1, 0.15) is 11.2 Å². The second-order valence-electron chi connectivity index (χ2n) is 2.99. The van der Waals surface area contributed by atoms with Crippen LogP contribution in [0.3, 0.4) is 0 Å². The number of hydrogen-bond acceptors (Lipinski definition) is 3. The van der Waals surface area contributed by atoms with E-state index in [9.17, 15) is 0 Å². The fourth-order valence-electron chi connectivity index (χ4n) is 1.22. The first-order valence-electron chi connectivity index (χ1n) is 4.31. The minimum Gasteiger partial charge on any atom is -0.267 e. The molecule has 0 fully saturated rings. The van der Waals surface area contributed by atoms with E-state index < -0.39 is 0 Å². The lowest BCUT2D eigenvalue weighted by atomic mass is 10.3. The number of pyridine rings is 1. The van der Waals surface area contributed by atoms with Gasteiger partial charge in [-0.1, -0.05) is 17.7 Å². The quantitative estimate of drug-likeness (QED) is 0.723. The molecule has 2 heterocycles. The van der Waals surface area contributed by atoms with E-state index in [1.54, 1.807) is 17.1 Å². The minimum absolute atomic E-state index is 0.464. The number of nitrogens with zero attached hydrogens (tertiary/aromatic N) is 4. The van der Waals surface area contributed by atoms with Crippen LogP contribution in [0.2, 0.25) is 5.15 Å². The van der Waals surface area contributed by atoms with Crippen molar-refractivity contribution in [1.82, 2.24) is 14.8 Å². The fourth-order valence-corrected chi connectivity index (χ4v) is 1.40. The average Bonchev–Trinajstić information content (AvgIpc) is 2.69. The third-order valence-corrected chi connectivity index (χ3v) is 2.27. The lowest BCUT2D eigenvalue weighted by molar-refractivity contribution is 0.685. The Morgan fingerprint density at radius 3 is 3.07 bits per heavy atom. The molecular weight excluding hydrogens is 212 g/mol. The second kappa shape index (κ2) is 4.11. The van der Waals surface area contributed by atoms with Crippen LogP contribution in [-0.4, -0.2) is 14.8 Å². The van der Waals surface area contributed by atoms with Gasteiger partial charge >= 0.3 is 0 Å². The molecule has 0 amide bonds. The molecule has 0 bridgehead atoms. The third-order valence-electron chi connectivity index (χ3n) is 1.93. The van der Waals surface area contributed by atoms with Crippen LogP contribution in [0.25, 0.3) is 0 Å². The molecule has 0 aliphatic rings. The van der Waals surface area contributed by atoms with Crippen LogP contribution in [0, 0.1) is 11.3 Å². The van der Waals surface area contributed by atoms with Crippen molar-refractivity contribution in [2.75, 3.05) is 0 Å². The molecule has 0 aliphatic heterocycles. The van der Waals surface area contributed by atoms with Crippen LogP contribution in [-0.2, 0) is 6.54 Å². The van der Waals surface area contributed by atoms with E-state index in [4.69, 9.17) is 16.9 Å². The zero-order valence-electron chi connectivity index (χ0n) is 7.76. The molecule has 0 N–H and O–H groups in total. The van der Waals surface area contributed by atoms with E-state index >= 15 is 0 Å². The van der Waals surface area contributed by atoms with Crippen LogP contribution in [0.5, 0.6) is 0 Å². The van der Waals surface area contributed by atoms with E-state index in [-0.39, 0.29) is 0 Å². The summed E-state index contributed by atoms with van der Waals surface area (Å²) in [5, 5.41) is 13.1.